The molecule has 0 radical (unpaired) electrons. The van der Waals surface area contributed by atoms with Gasteiger partial charge in [-0.1, -0.05) is 61.3 Å². The average Bonchev–Trinajstić information content (AvgIpc) is 4.16. The summed E-state index contributed by atoms with van der Waals surface area (Å²) in [6, 6.07) is 14.1. The first-order chi connectivity index (χ1) is 37.4. The third-order valence-corrected chi connectivity index (χ3v) is 15.2. The monoisotopic (exact) mass is 1140 g/mol. The first-order valence-electron chi connectivity index (χ1n) is 26.1. The Balaban J connectivity index is 0.817. The summed E-state index contributed by atoms with van der Waals surface area (Å²) in [4.78, 5) is 139. The number of carbonyl (C=O) groups excluding carboxylic acids is 9. The number of urea groups is 1. The molecule has 2 aromatic carbocycles. The van der Waals surface area contributed by atoms with Crippen molar-refractivity contribution < 1.29 is 57.4 Å². The van der Waals surface area contributed by atoms with Crippen LogP contribution in [0.1, 0.15) is 94.4 Å². The third kappa shape index (κ3) is 12.6. The minimum atomic E-state index is -1.91. The Morgan fingerprint density at radius 3 is 2.26 bits per heavy atom. The second-order valence-electron chi connectivity index (χ2n) is 20.0. The molecule has 0 saturated carbocycles. The molecule has 5 N–H and O–H groups in total. The number of hydrogen-bond donors (Lipinski definition) is 4. The molecule has 22 nitrogen and oxygen atoms in total. The Hall–Kier alpha value is -7.95. The van der Waals surface area contributed by atoms with Crippen LogP contribution in [0, 0.1) is 11.8 Å². The lowest BCUT2D eigenvalue weighted by atomic mass is 9.85. The van der Waals surface area contributed by atoms with Gasteiger partial charge in [-0.2, -0.15) is 0 Å². The van der Waals surface area contributed by atoms with E-state index in [1.807, 2.05) is 38.1 Å². The number of fused-ring (bicyclic) bond motifs is 5. The largest absolute Gasteiger partial charge is 0.457 e. The highest BCUT2D eigenvalue weighted by Gasteiger charge is 2.51. The standard InChI is InChI=1S/C55H62BrN9O13/c1-4-55(40-28-44-47-34(26-38-41(56)11-8-12-42(38)60-47)29-65(44)50(71)39(40)31-76-51(55)72)78-54(75)63-24-22-62(23-25-63)53(74)77-30-33-14-16-35(17-15-33)59-49(70)43(13-9-20-58-52(57)73)61-48(69)37(32(2)3)27-36(66)10-6-5-7-21-64-45(67)18-19-46(64)68/h8,11-12,14-19,26,28,32,37,43H,4-7,9-10,13,20-25,27,29-31H2,1-3H3,(H,59,70)(H,61,69)(H3,57,58,73)/t37-,43-,55-/m0/s1. The fourth-order valence-electron chi connectivity index (χ4n) is 10.0. The van der Waals surface area contributed by atoms with Crippen LogP contribution in [0.4, 0.5) is 20.1 Å². The van der Waals surface area contributed by atoms with Crippen LogP contribution in [0.2, 0.25) is 0 Å². The second-order valence-corrected chi connectivity index (χ2v) is 20.9. The number of unbranched alkanes of at least 4 members (excludes halogenated alkanes) is 2. The number of hydrogen-bond acceptors (Lipinski definition) is 14. The number of primary amides is 1. The van der Waals surface area contributed by atoms with Crippen molar-refractivity contribution in [3.05, 3.63) is 104 Å². The van der Waals surface area contributed by atoms with E-state index in [0.29, 0.717) is 48.3 Å². The van der Waals surface area contributed by atoms with Gasteiger partial charge in [0.1, 0.15) is 25.0 Å². The number of rotatable bonds is 21. The molecule has 2 aromatic heterocycles. The van der Waals surface area contributed by atoms with Crippen LogP contribution in [-0.2, 0) is 68.3 Å². The van der Waals surface area contributed by atoms with Crippen LogP contribution < -0.4 is 27.2 Å². The number of amides is 8. The third-order valence-electron chi connectivity index (χ3n) is 14.5. The molecule has 6 heterocycles. The average molecular weight is 1140 g/mol. The van der Waals surface area contributed by atoms with Crippen molar-refractivity contribution >= 4 is 86.1 Å². The maximum Gasteiger partial charge on any atom is 0.411 e. The van der Waals surface area contributed by atoms with Crippen molar-refractivity contribution in [3.8, 4) is 11.4 Å². The summed E-state index contributed by atoms with van der Waals surface area (Å²) in [5.41, 5.74) is 7.03. The van der Waals surface area contributed by atoms with Crippen LogP contribution >= 0.6 is 15.9 Å². The number of piperazine rings is 1. The summed E-state index contributed by atoms with van der Waals surface area (Å²) in [5.74, 6) is -3.62. The normalized spacial score (nSPS) is 17.2. The number of ether oxygens (including phenoxy) is 3. The summed E-state index contributed by atoms with van der Waals surface area (Å²) in [6.45, 7) is 5.90. The lowest BCUT2D eigenvalue weighted by Gasteiger charge is -2.39. The Bertz CT molecular complexity index is 3120. The topological polar surface area (TPSA) is 288 Å². The summed E-state index contributed by atoms with van der Waals surface area (Å²) < 4.78 is 19.6. The molecule has 4 aromatic rings. The first kappa shape index (κ1) is 56.3. The number of esters is 1. The number of cyclic esters (lactones) is 1. The van der Waals surface area contributed by atoms with Gasteiger partial charge < -0.3 is 50.3 Å². The van der Waals surface area contributed by atoms with Crippen molar-refractivity contribution in [1.29, 1.82) is 0 Å². The second kappa shape index (κ2) is 24.6. The molecule has 78 heavy (non-hydrogen) atoms. The predicted molar refractivity (Wildman–Crippen MR) is 286 cm³/mol. The lowest BCUT2D eigenvalue weighted by molar-refractivity contribution is -0.173. The van der Waals surface area contributed by atoms with E-state index in [9.17, 15) is 47.9 Å². The quantitative estimate of drug-likeness (QED) is 0.0304. The zero-order chi connectivity index (χ0) is 55.8. The number of nitrogens with one attached hydrogen (secondary N) is 3. The molecular formula is C55H62BrN9O13. The van der Waals surface area contributed by atoms with Crippen LogP contribution in [0.25, 0.3) is 22.3 Å². The van der Waals surface area contributed by atoms with Crippen LogP contribution in [0.5, 0.6) is 0 Å². The molecule has 0 unspecified atom stereocenters. The van der Waals surface area contributed by atoms with Gasteiger partial charge in [0.15, 0.2) is 0 Å². The van der Waals surface area contributed by atoms with E-state index in [1.165, 1.54) is 22.0 Å². The number of aromatic nitrogens is 2. The zero-order valence-electron chi connectivity index (χ0n) is 43.6. The number of benzene rings is 2. The minimum Gasteiger partial charge on any atom is -0.457 e. The van der Waals surface area contributed by atoms with Gasteiger partial charge in [-0.15, -0.1) is 0 Å². The molecule has 0 spiro atoms. The van der Waals surface area contributed by atoms with Crippen molar-refractivity contribution in [1.82, 2.24) is 34.9 Å². The summed E-state index contributed by atoms with van der Waals surface area (Å²) >= 11 is 3.58. The number of nitrogens with zero attached hydrogens (tertiary/aromatic N) is 5. The van der Waals surface area contributed by atoms with E-state index in [0.717, 1.165) is 25.8 Å². The molecule has 8 rings (SSSR count). The summed E-state index contributed by atoms with van der Waals surface area (Å²) in [7, 11) is 0. The Morgan fingerprint density at radius 1 is 0.872 bits per heavy atom. The fraction of sp³-hybridized carbons (Fsp3) is 0.436. The molecular weight excluding hydrogens is 1070 g/mol. The van der Waals surface area contributed by atoms with E-state index >= 15 is 0 Å². The Labute approximate surface area is 457 Å². The molecule has 1 fully saturated rings. The number of anilines is 1. The van der Waals surface area contributed by atoms with Gasteiger partial charge >= 0.3 is 24.2 Å². The van der Waals surface area contributed by atoms with E-state index in [2.05, 4.69) is 31.9 Å². The van der Waals surface area contributed by atoms with E-state index in [1.54, 1.807) is 41.8 Å². The van der Waals surface area contributed by atoms with Crippen molar-refractivity contribution in [2.75, 3.05) is 44.6 Å². The first-order valence-corrected chi connectivity index (χ1v) is 26.9. The van der Waals surface area contributed by atoms with Gasteiger partial charge in [0.2, 0.25) is 17.4 Å². The fourth-order valence-corrected chi connectivity index (χ4v) is 10.5. The van der Waals surface area contributed by atoms with E-state index in [4.69, 9.17) is 24.9 Å². The maximum absolute atomic E-state index is 14.0. The number of imide groups is 1. The van der Waals surface area contributed by atoms with Gasteiger partial charge in [-0.3, -0.25) is 33.7 Å². The van der Waals surface area contributed by atoms with Gasteiger partial charge in [0.05, 0.1) is 29.0 Å². The molecule has 8 amide bonds. The Morgan fingerprint density at radius 2 is 1.58 bits per heavy atom. The van der Waals surface area contributed by atoms with E-state index < -0.39 is 53.6 Å². The summed E-state index contributed by atoms with van der Waals surface area (Å²) in [5, 5.41) is 8.98. The molecule has 412 valence electrons. The number of Topliss-reactive ketones (excluding diaryl/α,β-unsaturated/α-hetero) is 1. The van der Waals surface area contributed by atoms with Crippen LogP contribution in [-0.4, -0.2) is 123 Å². The van der Waals surface area contributed by atoms with Crippen molar-refractivity contribution in [3.63, 3.8) is 0 Å². The molecule has 23 heteroatoms. The molecule has 0 aliphatic carbocycles. The SMILES string of the molecule is CC[C@@]1(OC(=O)N2CCN(C(=O)OCc3ccc(NC(=O)[C@H](CCCNC(N)=O)NC(=O)[C@@H](CC(=O)CCCCCN4C(=O)C=CC4=O)C(C)C)cc3)CC2)C(=O)OCc2c1cc1n(c2=O)Cc2cc3c(Br)cccc3nc2-1. The highest BCUT2D eigenvalue weighted by Crippen LogP contribution is 2.42. The number of nitrogens with two attached hydrogens (primary N) is 1. The predicted octanol–water partition coefficient (Wildman–Crippen LogP) is 5.53. The maximum atomic E-state index is 14.0. The Kier molecular flexibility index (Phi) is 17.7. The molecule has 3 atom stereocenters. The van der Waals surface area contributed by atoms with Gasteiger partial charge in [-0.25, -0.2) is 24.2 Å². The van der Waals surface area contributed by atoms with Crippen LogP contribution in [0.3, 0.4) is 0 Å². The molecule has 4 aliphatic heterocycles. The summed E-state index contributed by atoms with van der Waals surface area (Å²) in [6.07, 6.45) is 3.26. The van der Waals surface area contributed by atoms with E-state index in [-0.39, 0.29) is 125 Å². The van der Waals surface area contributed by atoms with Crippen LogP contribution in [0.15, 0.2) is 76.0 Å². The zero-order valence-corrected chi connectivity index (χ0v) is 45.2. The van der Waals surface area contributed by atoms with Crippen molar-refractivity contribution in [2.45, 2.75) is 104 Å². The lowest BCUT2D eigenvalue weighted by Crippen LogP contribution is -2.54. The number of carbonyl (C=O) groups is 9. The van der Waals surface area contributed by atoms with Gasteiger partial charge in [-0.05, 0) is 80.0 Å². The highest BCUT2D eigenvalue weighted by atomic mass is 79.9. The number of ketones is 1. The molecule has 0 bridgehead atoms. The molecule has 4 aliphatic rings. The highest BCUT2D eigenvalue weighted by molar-refractivity contribution is 9.10. The smallest absolute Gasteiger partial charge is 0.411 e. The molecule has 1 saturated heterocycles. The number of pyridine rings is 2. The van der Waals surface area contributed by atoms with Gasteiger partial charge in [0.25, 0.3) is 17.4 Å². The number of halogens is 1. The minimum absolute atomic E-state index is 0.0162. The van der Waals surface area contributed by atoms with Crippen molar-refractivity contribution in [2.24, 2.45) is 17.6 Å². The van der Waals surface area contributed by atoms with Gasteiger partial charge in [0, 0.05) is 96.9 Å².